The van der Waals surface area contributed by atoms with Crippen molar-refractivity contribution in [3.05, 3.63) is 0 Å². The van der Waals surface area contributed by atoms with Crippen molar-refractivity contribution in [3.63, 3.8) is 0 Å². The zero-order chi connectivity index (χ0) is 39.1. The lowest BCUT2D eigenvalue weighted by Crippen LogP contribution is -2.70. The van der Waals surface area contributed by atoms with Gasteiger partial charge < -0.3 is 20.9 Å². The SMILES string of the molecule is CCO[Si](C)(C)CC[Si](C)(C)O[Si](C)(C)O[Si](C)(C)O[Si](C)(C)O[Si](C)(C)CCC(F)(F)C(F)(F)C(F)(F)C(F)(F)C(F)(F)C(F)(F)F. The highest BCUT2D eigenvalue weighted by Gasteiger charge is 2.90. The van der Waals surface area contributed by atoms with E-state index >= 15 is 0 Å². The molecule has 0 unspecified atom stereocenters. The molecule has 0 aromatic carbocycles. The summed E-state index contributed by atoms with van der Waals surface area (Å²) in [5.74, 6) is -37.0. The van der Waals surface area contributed by atoms with Crippen LogP contribution in [0.15, 0.2) is 0 Å². The van der Waals surface area contributed by atoms with Crippen molar-refractivity contribution in [2.24, 2.45) is 0 Å². The summed E-state index contributed by atoms with van der Waals surface area (Å²) in [6.07, 6.45) is -9.74. The van der Waals surface area contributed by atoms with E-state index in [1.165, 1.54) is 26.2 Å². The number of rotatable bonds is 20. The van der Waals surface area contributed by atoms with Crippen molar-refractivity contribution in [2.45, 2.75) is 146 Å². The maximum absolute atomic E-state index is 14.5. The van der Waals surface area contributed by atoms with Gasteiger partial charge in [-0.25, -0.2) is 0 Å². The molecule has 290 valence electrons. The molecule has 0 aromatic heterocycles. The van der Waals surface area contributed by atoms with Crippen LogP contribution in [0.1, 0.15) is 13.3 Å². The predicted octanol–water partition coefficient (Wildman–Crippen LogP) is 10.9. The molecule has 0 spiro atoms. The molecule has 0 saturated heterocycles. The zero-order valence-electron chi connectivity index (χ0n) is 29.5. The van der Waals surface area contributed by atoms with Crippen molar-refractivity contribution in [1.82, 2.24) is 0 Å². The Hall–Kier alpha value is 0.191. The van der Waals surface area contributed by atoms with Gasteiger partial charge in [-0.15, -0.1) is 0 Å². The topological polar surface area (TPSA) is 46.2 Å². The van der Waals surface area contributed by atoms with Crippen LogP contribution in [-0.2, 0) is 20.9 Å². The molecule has 0 aliphatic heterocycles. The fourth-order valence-electron chi connectivity index (χ4n) is 5.16. The van der Waals surface area contributed by atoms with Crippen LogP contribution in [0.2, 0.25) is 96.7 Å². The smallest absolute Gasteiger partial charge is 0.436 e. The van der Waals surface area contributed by atoms with Crippen molar-refractivity contribution in [1.29, 1.82) is 0 Å². The summed E-state index contributed by atoms with van der Waals surface area (Å²) in [7, 11) is -17.1. The van der Waals surface area contributed by atoms with Gasteiger partial charge in [0.2, 0.25) is 0 Å². The van der Waals surface area contributed by atoms with Crippen LogP contribution in [0.5, 0.6) is 0 Å². The first-order valence-corrected chi connectivity index (χ1v) is 32.7. The molecule has 0 rings (SSSR count). The molecule has 0 N–H and O–H groups in total. The fraction of sp³-hybridized carbons (Fsp3) is 1.00. The van der Waals surface area contributed by atoms with Gasteiger partial charge in [-0.05, 0) is 104 Å². The molecule has 0 atom stereocenters. The van der Waals surface area contributed by atoms with Crippen molar-refractivity contribution >= 4 is 50.6 Å². The van der Waals surface area contributed by atoms with E-state index in [-0.39, 0.29) is 0 Å². The Bertz CT molecular complexity index is 1070. The minimum atomic E-state index is -7.92. The van der Waals surface area contributed by atoms with Gasteiger partial charge in [0.25, 0.3) is 0 Å². The molecule has 0 bridgehead atoms. The molecular formula is C24H49F13O5Si6. The van der Waals surface area contributed by atoms with Crippen molar-refractivity contribution in [3.8, 4) is 0 Å². The highest BCUT2D eigenvalue weighted by atomic mass is 28.5. The third kappa shape index (κ3) is 12.4. The number of alkyl halides is 13. The van der Waals surface area contributed by atoms with E-state index in [9.17, 15) is 57.1 Å². The Labute approximate surface area is 280 Å². The van der Waals surface area contributed by atoms with Crippen LogP contribution in [-0.4, -0.2) is 93.0 Å². The maximum atomic E-state index is 14.5. The first-order valence-electron chi connectivity index (χ1n) is 15.0. The summed E-state index contributed by atoms with van der Waals surface area (Å²) in [6, 6.07) is 0.580. The molecule has 0 radical (unpaired) electrons. The summed E-state index contributed by atoms with van der Waals surface area (Å²) in [4.78, 5) is 0. The number of hydrogen-bond donors (Lipinski definition) is 0. The van der Waals surface area contributed by atoms with Gasteiger partial charge >= 0.3 is 61.5 Å². The van der Waals surface area contributed by atoms with E-state index < -0.39 is 98.9 Å². The van der Waals surface area contributed by atoms with Gasteiger partial charge in [0, 0.05) is 13.0 Å². The fourth-order valence-corrected chi connectivity index (χ4v) is 34.4. The molecular weight excluding hydrogens is 784 g/mol. The van der Waals surface area contributed by atoms with E-state index in [1.807, 2.05) is 33.1 Å². The minimum Gasteiger partial charge on any atom is -0.436 e. The van der Waals surface area contributed by atoms with Crippen LogP contribution in [0.4, 0.5) is 57.1 Å². The third-order valence-corrected chi connectivity index (χ3v) is 29.1. The first-order chi connectivity index (χ1) is 20.6. The van der Waals surface area contributed by atoms with Crippen LogP contribution in [0, 0.1) is 0 Å². The van der Waals surface area contributed by atoms with Gasteiger partial charge in [-0.3, -0.25) is 0 Å². The minimum absolute atomic E-state index is 0.612. The summed E-state index contributed by atoms with van der Waals surface area (Å²) < 4.78 is 207. The summed E-state index contributed by atoms with van der Waals surface area (Å²) >= 11 is 0. The van der Waals surface area contributed by atoms with Gasteiger partial charge in [0.15, 0.2) is 25.0 Å². The second-order valence-corrected chi connectivity index (χ2v) is 38.8. The third-order valence-electron chi connectivity index (χ3n) is 6.93. The second kappa shape index (κ2) is 14.9. The standard InChI is InChI=1S/C24H49F13O5Si6/c1-14-38-43(2,3)17-18-45(6,7)40-47(10,11)42-48(12,13)41-46(8,9)39-44(4,5)16-15-19(25,26)20(27,28)21(29,30)22(31,32)23(33,34)24(35,36)37/h14-18H2,1-13H3. The molecule has 24 heteroatoms. The molecule has 0 saturated carbocycles. The lowest BCUT2D eigenvalue weighted by molar-refractivity contribution is -0.439. The normalized spacial score (nSPS) is 16.1. The Kier molecular flexibility index (Phi) is 15.0. The predicted molar refractivity (Wildman–Crippen MR) is 171 cm³/mol. The molecule has 0 amide bonds. The zero-order valence-corrected chi connectivity index (χ0v) is 35.5. The number of hydrogen-bond acceptors (Lipinski definition) is 5. The van der Waals surface area contributed by atoms with Crippen LogP contribution in [0.3, 0.4) is 0 Å². The maximum Gasteiger partial charge on any atom is 0.460 e. The Morgan fingerprint density at radius 2 is 0.708 bits per heavy atom. The van der Waals surface area contributed by atoms with E-state index in [0.717, 1.165) is 12.1 Å². The Balaban J connectivity index is 5.76. The molecule has 0 aliphatic rings. The Morgan fingerprint density at radius 3 is 1.06 bits per heavy atom. The molecule has 0 heterocycles. The van der Waals surface area contributed by atoms with E-state index in [0.29, 0.717) is 6.61 Å². The average Bonchev–Trinajstić information content (AvgIpc) is 2.77. The molecule has 0 aromatic rings. The molecule has 48 heavy (non-hydrogen) atoms. The van der Waals surface area contributed by atoms with Gasteiger partial charge in [0.1, 0.15) is 0 Å². The number of halogens is 13. The van der Waals surface area contributed by atoms with Crippen LogP contribution < -0.4 is 0 Å². The highest BCUT2D eigenvalue weighted by molar-refractivity contribution is 6.90. The van der Waals surface area contributed by atoms with Crippen LogP contribution >= 0.6 is 0 Å². The summed E-state index contributed by atoms with van der Waals surface area (Å²) in [6.45, 7) is 23.2. The van der Waals surface area contributed by atoms with E-state index in [4.69, 9.17) is 20.9 Å². The van der Waals surface area contributed by atoms with Gasteiger partial charge in [-0.2, -0.15) is 57.1 Å². The first kappa shape index (κ1) is 48.2. The van der Waals surface area contributed by atoms with Gasteiger partial charge in [0.05, 0.1) is 0 Å². The molecule has 0 fully saturated rings. The lowest BCUT2D eigenvalue weighted by Gasteiger charge is -2.43. The van der Waals surface area contributed by atoms with Crippen molar-refractivity contribution < 1.29 is 78.0 Å². The second-order valence-electron chi connectivity index (χ2n) is 14.8. The van der Waals surface area contributed by atoms with Gasteiger partial charge in [-0.1, -0.05) is 0 Å². The highest BCUT2D eigenvalue weighted by Crippen LogP contribution is 2.61. The van der Waals surface area contributed by atoms with Crippen LogP contribution in [0.25, 0.3) is 0 Å². The quantitative estimate of drug-likeness (QED) is 0.0903. The van der Waals surface area contributed by atoms with E-state index in [2.05, 4.69) is 13.1 Å². The lowest BCUT2D eigenvalue weighted by atomic mass is 9.93. The average molecular weight is 833 g/mol. The summed E-state index contributed by atoms with van der Waals surface area (Å²) in [5, 5.41) is 0. The Morgan fingerprint density at radius 1 is 0.396 bits per heavy atom. The largest absolute Gasteiger partial charge is 0.460 e. The monoisotopic (exact) mass is 832 g/mol. The van der Waals surface area contributed by atoms with Crippen molar-refractivity contribution in [2.75, 3.05) is 6.61 Å². The van der Waals surface area contributed by atoms with E-state index in [1.54, 1.807) is 13.1 Å². The molecule has 0 aliphatic carbocycles. The summed E-state index contributed by atoms with van der Waals surface area (Å²) in [5.41, 5.74) is 0. The molecule has 5 nitrogen and oxygen atoms in total.